The number of aromatic carboxylic acids is 1. The summed E-state index contributed by atoms with van der Waals surface area (Å²) in [5, 5.41) is 81.4. The fourth-order valence-corrected chi connectivity index (χ4v) is 18.9. The topological polar surface area (TPSA) is 596 Å². The van der Waals surface area contributed by atoms with Gasteiger partial charge in [0.1, 0.15) is 108 Å². The van der Waals surface area contributed by atoms with Crippen LogP contribution in [0.4, 0.5) is 68.3 Å². The number of benzene rings is 5. The summed E-state index contributed by atoms with van der Waals surface area (Å²) in [6.45, 7) is 19.3. The zero-order valence-corrected chi connectivity index (χ0v) is 93.2. The molecule has 770 valence electrons. The zero-order chi connectivity index (χ0) is 106. The Hall–Kier alpha value is -12.8. The van der Waals surface area contributed by atoms with Crippen molar-refractivity contribution in [3.05, 3.63) is 213 Å². The molecule has 2 fully saturated rings. The summed E-state index contributed by atoms with van der Waals surface area (Å²) < 4.78 is 17.3. The number of carbonyl (C=O) groups is 6. The highest BCUT2D eigenvalue weighted by atomic mass is 127. The van der Waals surface area contributed by atoms with Gasteiger partial charge < -0.3 is 79.5 Å². The van der Waals surface area contributed by atoms with E-state index in [0.29, 0.717) is 74.2 Å². The van der Waals surface area contributed by atoms with Gasteiger partial charge in [-0.15, -0.1) is 51.0 Å². The molecule has 0 unspecified atom stereocenters. The van der Waals surface area contributed by atoms with Crippen molar-refractivity contribution in [3.63, 3.8) is 0 Å². The molecule has 15 aromatic rings. The van der Waals surface area contributed by atoms with Crippen LogP contribution in [0.2, 0.25) is 0 Å². The minimum absolute atomic E-state index is 0.0247. The molecule has 17 rings (SSSR count). The first-order chi connectivity index (χ1) is 70.5. The molecule has 10 heterocycles. The second-order valence-electron chi connectivity index (χ2n) is 32.3. The number of thioether (sulfide) groups is 4. The maximum Gasteiger partial charge on any atom is 0.407 e. The normalized spacial score (nSPS) is 13.8. The zero-order valence-electron chi connectivity index (χ0n) is 82.1. The predicted octanol–water partition coefficient (Wildman–Crippen LogP) is 20.2. The Morgan fingerprint density at radius 3 is 0.986 bits per heavy atom. The molecule has 0 saturated heterocycles. The van der Waals surface area contributed by atoms with Crippen LogP contribution in [0.1, 0.15) is 163 Å². The number of nitrogens with zero attached hydrogens (tertiary/aromatic N) is 20. The SMILES string of the molecule is CC(C)(C)OC(=O)N[C@H]1CCCC[C@H]1N.CCOC(=O)c1cnc(SC)nc1Nc1ccc(-c2nnc(C)s2)cc1.CCOC(=O)c1cnc(SC)nc1Nc1ccc(I)cc1.CSc1ncc(C(=O)O)c(Nc2ccc(-c3nnc(C)s3)cc2)n1.CSc1ncc(C(N)=O)c(Nc2ccc(-c3nnc(C)s3)cc2)n1.Cc1nnc(-c2ccc(Nc3nc(N[C@@H]4CCCC[C@@H]4N)ncc3C(N)=O)cc2)s1.Cc1nnc(Br)s1. The van der Waals surface area contributed by atoms with E-state index in [0.717, 1.165) is 155 Å². The number of aryl methyl sites for hydroxylation is 5. The number of nitrogens with two attached hydrogens (primary N) is 4. The summed E-state index contributed by atoms with van der Waals surface area (Å²) in [6.07, 6.45) is 22.7. The van der Waals surface area contributed by atoms with Crippen molar-refractivity contribution in [2.24, 2.45) is 22.9 Å². The quantitative estimate of drug-likeness (QED) is 0.00712. The van der Waals surface area contributed by atoms with Gasteiger partial charge in [-0.3, -0.25) is 9.59 Å². The van der Waals surface area contributed by atoms with Crippen molar-refractivity contribution >= 4 is 242 Å². The van der Waals surface area contributed by atoms with Crippen LogP contribution in [-0.4, -0.2) is 210 Å². The molecule has 16 N–H and O–H groups in total. The summed E-state index contributed by atoms with van der Waals surface area (Å²) in [5.74, 6) is -0.841. The van der Waals surface area contributed by atoms with Gasteiger partial charge >= 0.3 is 24.0 Å². The highest BCUT2D eigenvalue weighted by Gasteiger charge is 2.29. The number of carbonyl (C=O) groups excluding carboxylic acids is 5. The van der Waals surface area contributed by atoms with Crippen LogP contribution in [0.25, 0.3) is 42.3 Å². The Balaban J connectivity index is 0.000000167. The van der Waals surface area contributed by atoms with E-state index < -0.39 is 35.3 Å². The van der Waals surface area contributed by atoms with Crippen LogP contribution in [0.15, 0.2) is 177 Å². The van der Waals surface area contributed by atoms with Gasteiger partial charge in [-0.05, 0) is 280 Å². The minimum atomic E-state index is -1.08. The molecule has 5 aromatic carbocycles. The summed E-state index contributed by atoms with van der Waals surface area (Å²) in [5.41, 5.74) is 31.5. The fraction of sp³-hybridized carbons (Fsp3) is 0.305. The molecular formula is C95H107BrIN31O10S9. The van der Waals surface area contributed by atoms with Gasteiger partial charge in [-0.25, -0.2) is 64.0 Å². The molecule has 41 nitrogen and oxygen atoms in total. The van der Waals surface area contributed by atoms with E-state index in [-0.39, 0.29) is 52.8 Å². The lowest BCUT2D eigenvalue weighted by Gasteiger charge is -2.30. The van der Waals surface area contributed by atoms with Crippen LogP contribution in [0.3, 0.4) is 0 Å². The first-order valence-electron chi connectivity index (χ1n) is 45.2. The number of esters is 2. The third kappa shape index (κ3) is 36.1. The number of alkyl carbamates (subject to hydrolysis) is 1. The number of amides is 3. The molecular weight excluding hydrogens is 2230 g/mol. The van der Waals surface area contributed by atoms with Gasteiger partial charge in [0, 0.05) is 109 Å². The molecule has 2 aliphatic rings. The van der Waals surface area contributed by atoms with Gasteiger partial charge in [0.25, 0.3) is 11.8 Å². The number of carboxylic acids is 1. The van der Waals surface area contributed by atoms with E-state index in [1.54, 1.807) is 25.2 Å². The third-order valence-corrected chi connectivity index (χ3v) is 28.1. The Morgan fingerprint density at radius 2 is 0.701 bits per heavy atom. The number of primary amides is 2. The minimum Gasteiger partial charge on any atom is -0.477 e. The van der Waals surface area contributed by atoms with Crippen LogP contribution in [0, 0.1) is 38.2 Å². The molecule has 0 spiro atoms. The third-order valence-electron chi connectivity index (χ3n) is 20.3. The number of nitrogens with one attached hydrogen (secondary N) is 7. The molecule has 4 atom stereocenters. The smallest absolute Gasteiger partial charge is 0.407 e. The second-order valence-corrected chi connectivity index (χ2v) is 43.9. The molecule has 0 aliphatic heterocycles. The number of carboxylic acid groups (broad SMARTS) is 1. The molecule has 52 heteroatoms. The fourth-order valence-electron chi connectivity index (χ4n) is 13.2. The average Bonchev–Trinajstić information content (AvgIpc) is 1.16. The maximum atomic E-state index is 12.1. The number of anilines is 11. The Morgan fingerprint density at radius 1 is 0.408 bits per heavy atom. The van der Waals surface area contributed by atoms with Crippen molar-refractivity contribution in [2.75, 3.05) is 70.1 Å². The number of hydrogen-bond acceptors (Lipinski definition) is 46. The molecule has 2 aliphatic carbocycles. The standard InChI is InChI=1S/C20H24N8OS.C17H17N5O2S2.C15H14N6OS2.C15H13N5O2S2.C14H14IN3O2S.C11H22N2O2.C3H3BrN2S/c1-11-27-28-19(30-11)12-6-8-13(9-7-12)24-18-14(17(22)29)10-23-20(26-18)25-16-5-3-2-4-15(16)21;1-4-24-16(23)13-9-18-17(25-3)20-14(13)19-12-7-5-11(6-8-12)15-22-21-10(2)26-15;1-8-20-21-14(24-8)9-3-5-10(6-4-9)18-13-11(12(16)22)7-17-15(19-13)23-2;1-8-19-20-13(24-8)9-3-5-10(6-4-9)17-12-11(14(21)22)7-16-15(18-12)23-2;1-3-20-13(19)11-8-16-14(21-2)18-12(11)17-10-6-4-9(15)5-7-10;1-11(2,3)15-10(14)13-9-7-5-4-6-8(9)12;1-2-5-6-3(4)7-2/h6-10,15-16H,2-5,21H2,1H3,(H2,22,29)(H2,23,24,25,26);5-9H,4H2,1-3H3,(H,18,19,20);3-7H,1-2H3,(H2,16,22)(H,17,18,19);3-7H,1-2H3,(H,21,22)(H,16,17,18);4-8H,3H2,1-2H3,(H,16,17,18);8-9H,4-7,12H2,1-3H3,(H,13,14);1H3/t15-,16+;;;;;8-,9+;/m0....1./s1. The van der Waals surface area contributed by atoms with Crippen LogP contribution in [0.5, 0.6) is 0 Å². The second kappa shape index (κ2) is 57.0. The maximum absolute atomic E-state index is 12.1. The number of halogens is 2. The van der Waals surface area contributed by atoms with Crippen LogP contribution < -0.4 is 60.2 Å². The van der Waals surface area contributed by atoms with Crippen molar-refractivity contribution in [2.45, 2.75) is 171 Å². The first kappa shape index (κ1) is 115. The first-order valence-corrected chi connectivity index (χ1v) is 56.0. The Bertz CT molecular complexity index is 6730. The number of rotatable bonds is 28. The summed E-state index contributed by atoms with van der Waals surface area (Å²) >= 11 is 18.6. The molecule has 10 aromatic heterocycles. The molecule has 2 saturated carbocycles. The van der Waals surface area contributed by atoms with Crippen molar-refractivity contribution < 1.29 is 48.1 Å². The van der Waals surface area contributed by atoms with Crippen LogP contribution in [-0.2, 0) is 14.2 Å². The van der Waals surface area contributed by atoms with Gasteiger partial charge in [0.05, 0.1) is 13.2 Å². The Labute approximate surface area is 906 Å². The average molecular weight is 2340 g/mol. The van der Waals surface area contributed by atoms with E-state index in [1.807, 2.05) is 202 Å². The number of ether oxygens (including phenoxy) is 3. The van der Waals surface area contributed by atoms with Gasteiger partial charge in [-0.2, -0.15) is 4.98 Å². The van der Waals surface area contributed by atoms with E-state index in [9.17, 15) is 33.9 Å². The summed E-state index contributed by atoms with van der Waals surface area (Å²) in [7, 11) is 0. The highest BCUT2D eigenvalue weighted by molar-refractivity contribution is 14.1. The summed E-state index contributed by atoms with van der Waals surface area (Å²) in [4.78, 5) is 113. The van der Waals surface area contributed by atoms with Crippen molar-refractivity contribution in [3.8, 4) is 42.3 Å². The van der Waals surface area contributed by atoms with E-state index in [1.165, 1.54) is 123 Å². The summed E-state index contributed by atoms with van der Waals surface area (Å²) in [6, 6.07) is 38.6. The van der Waals surface area contributed by atoms with Crippen LogP contribution >= 0.6 is 142 Å². The molecule has 0 radical (unpaired) electrons. The van der Waals surface area contributed by atoms with Gasteiger partial charge in [0.2, 0.25) is 5.95 Å². The predicted molar refractivity (Wildman–Crippen MR) is 595 cm³/mol. The monoisotopic (exact) mass is 2340 g/mol. The lowest BCUT2D eigenvalue weighted by molar-refractivity contribution is 0.0481. The number of aromatic nitrogens is 20. The molecule has 3 amide bonds. The van der Waals surface area contributed by atoms with Crippen molar-refractivity contribution in [1.82, 2.24) is 106 Å². The largest absolute Gasteiger partial charge is 0.477 e. The van der Waals surface area contributed by atoms with Crippen molar-refractivity contribution in [1.29, 1.82) is 0 Å². The van der Waals surface area contributed by atoms with Gasteiger partial charge in [-0.1, -0.05) is 129 Å². The van der Waals surface area contributed by atoms with E-state index >= 15 is 0 Å². The van der Waals surface area contributed by atoms with Gasteiger partial charge in [0.15, 0.2) is 24.5 Å². The van der Waals surface area contributed by atoms with E-state index in [4.69, 9.17) is 37.1 Å². The lowest BCUT2D eigenvalue weighted by Crippen LogP contribution is -2.50. The molecule has 0 bridgehead atoms. The highest BCUT2D eigenvalue weighted by Crippen LogP contribution is 2.35. The molecule has 147 heavy (non-hydrogen) atoms. The lowest BCUT2D eigenvalue weighted by atomic mass is 9.91. The van der Waals surface area contributed by atoms with E-state index in [2.05, 4.69) is 177 Å². The Kier molecular flexibility index (Phi) is 44.4. The number of hydrogen-bond donors (Lipinski definition) is 12.